The lowest BCUT2D eigenvalue weighted by Crippen LogP contribution is -2.27. The van der Waals surface area contributed by atoms with Crippen molar-refractivity contribution in [2.75, 3.05) is 0 Å². The van der Waals surface area contributed by atoms with E-state index in [0.717, 1.165) is 22.3 Å². The zero-order chi connectivity index (χ0) is 25.7. The van der Waals surface area contributed by atoms with Crippen LogP contribution in [0, 0.1) is 27.7 Å². The van der Waals surface area contributed by atoms with Crippen LogP contribution in [-0.4, -0.2) is 6.29 Å². The summed E-state index contributed by atoms with van der Waals surface area (Å²) in [7, 11) is -3.55. The van der Waals surface area contributed by atoms with Gasteiger partial charge < -0.3 is 18.8 Å². The first-order valence-corrected chi connectivity index (χ1v) is 13.2. The van der Waals surface area contributed by atoms with Crippen LogP contribution in [0.5, 0.6) is 23.0 Å². The van der Waals surface area contributed by atoms with Crippen LogP contribution in [0.1, 0.15) is 22.3 Å². The van der Waals surface area contributed by atoms with Crippen LogP contribution >= 0.6 is 7.14 Å². The summed E-state index contributed by atoms with van der Waals surface area (Å²) >= 11 is 0. The van der Waals surface area contributed by atoms with Gasteiger partial charge in [0, 0.05) is 15.9 Å². The molecule has 7 heteroatoms. The Morgan fingerprint density at radius 2 is 1.19 bits per heavy atom. The standard InChI is InChI=1S/C29H25F2O4P/c1-18-10-19(2)13-23(12-18)36(32,24-14-20(3)11-21(4)15-24)25-16-26(33-22-8-6-5-7-9-22)28-27(17-25)34-29(30,31)35-28/h5-17H,1-4H3. The molecular formula is C29H25F2O4P. The molecule has 0 saturated carbocycles. The van der Waals surface area contributed by atoms with Gasteiger partial charge in [-0.3, -0.25) is 0 Å². The Morgan fingerprint density at radius 3 is 1.72 bits per heavy atom. The highest BCUT2D eigenvalue weighted by Crippen LogP contribution is 2.52. The van der Waals surface area contributed by atoms with Crippen LogP contribution < -0.4 is 30.1 Å². The largest absolute Gasteiger partial charge is 0.586 e. The molecule has 184 valence electrons. The van der Waals surface area contributed by atoms with Crippen LogP contribution in [0.15, 0.2) is 78.9 Å². The van der Waals surface area contributed by atoms with E-state index in [2.05, 4.69) is 0 Å². The first-order valence-electron chi connectivity index (χ1n) is 11.5. The minimum absolute atomic E-state index is 0.000139. The monoisotopic (exact) mass is 506 g/mol. The van der Waals surface area contributed by atoms with E-state index >= 15 is 4.57 Å². The third kappa shape index (κ3) is 4.49. The second-order valence-corrected chi connectivity index (χ2v) is 11.9. The lowest BCUT2D eigenvalue weighted by atomic mass is 10.2. The van der Waals surface area contributed by atoms with Crippen molar-refractivity contribution < 1.29 is 27.6 Å². The summed E-state index contributed by atoms with van der Waals surface area (Å²) in [5, 5.41) is 1.51. The maximum Gasteiger partial charge on any atom is 0.586 e. The zero-order valence-corrected chi connectivity index (χ0v) is 21.2. The van der Waals surface area contributed by atoms with Gasteiger partial charge in [-0.15, -0.1) is 8.78 Å². The number of para-hydroxylation sites is 1. The van der Waals surface area contributed by atoms with Gasteiger partial charge in [0.05, 0.1) is 0 Å². The van der Waals surface area contributed by atoms with Crippen molar-refractivity contribution in [1.29, 1.82) is 0 Å². The van der Waals surface area contributed by atoms with Gasteiger partial charge in [-0.25, -0.2) is 0 Å². The van der Waals surface area contributed by atoms with Gasteiger partial charge in [0.1, 0.15) is 5.75 Å². The van der Waals surface area contributed by atoms with E-state index in [0.29, 0.717) is 21.7 Å². The quantitative estimate of drug-likeness (QED) is 0.284. The molecule has 0 aliphatic carbocycles. The third-order valence-corrected chi connectivity index (χ3v) is 8.89. The molecular weight excluding hydrogens is 481 g/mol. The van der Waals surface area contributed by atoms with Gasteiger partial charge in [-0.2, -0.15) is 0 Å². The number of hydrogen-bond donors (Lipinski definition) is 0. The smallest absolute Gasteiger partial charge is 0.453 e. The molecule has 0 unspecified atom stereocenters. The molecule has 0 spiro atoms. The molecule has 1 aliphatic heterocycles. The molecule has 0 amide bonds. The van der Waals surface area contributed by atoms with Gasteiger partial charge in [-0.1, -0.05) is 52.6 Å². The highest BCUT2D eigenvalue weighted by molar-refractivity contribution is 7.85. The van der Waals surface area contributed by atoms with Crippen molar-refractivity contribution in [3.8, 4) is 23.0 Å². The van der Waals surface area contributed by atoms with Crippen LogP contribution in [0.25, 0.3) is 0 Å². The third-order valence-electron chi connectivity index (χ3n) is 5.93. The number of halogens is 2. The fraction of sp³-hybridized carbons (Fsp3) is 0.172. The molecule has 0 bridgehead atoms. The number of rotatable bonds is 5. The number of aryl methyl sites for hydroxylation is 4. The van der Waals surface area contributed by atoms with E-state index in [1.165, 1.54) is 12.1 Å². The molecule has 0 aromatic heterocycles. The molecule has 1 aliphatic rings. The van der Waals surface area contributed by atoms with Gasteiger partial charge >= 0.3 is 6.29 Å². The molecule has 4 aromatic rings. The SMILES string of the molecule is Cc1cc(C)cc(P(=O)(c2cc(C)cc(C)c2)c2cc(Oc3ccccc3)c3c(c2)OC(F)(F)O3)c1. The Kier molecular flexibility index (Phi) is 5.88. The number of ether oxygens (including phenoxy) is 3. The maximum atomic E-state index is 15.3. The summed E-state index contributed by atoms with van der Waals surface area (Å²) in [6, 6.07) is 23.1. The zero-order valence-electron chi connectivity index (χ0n) is 20.3. The highest BCUT2D eigenvalue weighted by atomic mass is 31.2. The topological polar surface area (TPSA) is 44.8 Å². The van der Waals surface area contributed by atoms with Crippen LogP contribution in [0.4, 0.5) is 8.78 Å². The number of hydrogen-bond acceptors (Lipinski definition) is 4. The molecule has 4 nitrogen and oxygen atoms in total. The summed E-state index contributed by atoms with van der Waals surface area (Å²) in [6.45, 7) is 7.75. The fourth-order valence-corrected chi connectivity index (χ4v) is 7.63. The molecule has 0 radical (unpaired) electrons. The first kappa shape index (κ1) is 24.1. The van der Waals surface area contributed by atoms with Crippen LogP contribution in [0.2, 0.25) is 0 Å². The summed E-state index contributed by atoms with van der Waals surface area (Å²) in [5.41, 5.74) is 3.79. The Hall–Kier alpha value is -3.63. The number of benzene rings is 4. The van der Waals surface area contributed by atoms with E-state index in [4.69, 9.17) is 14.2 Å². The Morgan fingerprint density at radius 1 is 0.694 bits per heavy atom. The normalized spacial score (nSPS) is 14.1. The second kappa shape index (κ2) is 8.79. The molecule has 0 N–H and O–H groups in total. The van der Waals surface area contributed by atoms with Crippen molar-refractivity contribution in [3.05, 3.63) is 101 Å². The molecule has 0 saturated heterocycles. The Bertz CT molecular complexity index is 1420. The van der Waals surface area contributed by atoms with Gasteiger partial charge in [-0.05, 0) is 76.2 Å². The summed E-state index contributed by atoms with van der Waals surface area (Å²) in [4.78, 5) is 0. The lowest BCUT2D eigenvalue weighted by molar-refractivity contribution is -0.287. The maximum absolute atomic E-state index is 15.3. The average molecular weight is 506 g/mol. The Balaban J connectivity index is 1.79. The molecule has 4 aromatic carbocycles. The summed E-state index contributed by atoms with van der Waals surface area (Å²) in [5.74, 6) is -0.0412. The summed E-state index contributed by atoms with van der Waals surface area (Å²) < 4.78 is 59.2. The van der Waals surface area contributed by atoms with Crippen molar-refractivity contribution in [3.63, 3.8) is 0 Å². The molecule has 0 atom stereocenters. The van der Waals surface area contributed by atoms with Gasteiger partial charge in [0.25, 0.3) is 0 Å². The van der Waals surface area contributed by atoms with Crippen LogP contribution in [-0.2, 0) is 4.57 Å². The van der Waals surface area contributed by atoms with Crippen LogP contribution in [0.3, 0.4) is 0 Å². The summed E-state index contributed by atoms with van der Waals surface area (Å²) in [6.07, 6.45) is -3.86. The number of alkyl halides is 2. The minimum atomic E-state index is -3.86. The molecule has 5 rings (SSSR count). The van der Waals surface area contributed by atoms with Crippen molar-refractivity contribution >= 4 is 23.1 Å². The van der Waals surface area contributed by atoms with E-state index < -0.39 is 13.4 Å². The first-order chi connectivity index (χ1) is 17.0. The van der Waals surface area contributed by atoms with Crippen molar-refractivity contribution in [2.24, 2.45) is 0 Å². The van der Waals surface area contributed by atoms with Crippen molar-refractivity contribution in [1.82, 2.24) is 0 Å². The molecule has 0 fully saturated rings. The Labute approximate surface area is 208 Å². The van der Waals surface area contributed by atoms with Gasteiger partial charge in [0.2, 0.25) is 5.75 Å². The van der Waals surface area contributed by atoms with Gasteiger partial charge in [0.15, 0.2) is 18.6 Å². The predicted molar refractivity (Wildman–Crippen MR) is 138 cm³/mol. The molecule has 1 heterocycles. The fourth-order valence-electron chi connectivity index (χ4n) is 4.59. The van der Waals surface area contributed by atoms with E-state index in [9.17, 15) is 8.78 Å². The molecule has 36 heavy (non-hydrogen) atoms. The highest BCUT2D eigenvalue weighted by Gasteiger charge is 2.46. The second-order valence-electron chi connectivity index (χ2n) is 9.15. The number of fused-ring (bicyclic) bond motifs is 1. The average Bonchev–Trinajstić information content (AvgIpc) is 3.12. The van der Waals surface area contributed by atoms with E-state index in [-0.39, 0.29) is 17.2 Å². The van der Waals surface area contributed by atoms with Crippen molar-refractivity contribution in [2.45, 2.75) is 34.0 Å². The minimum Gasteiger partial charge on any atom is -0.453 e. The van der Waals surface area contributed by atoms with E-state index in [1.807, 2.05) is 70.2 Å². The lowest BCUT2D eigenvalue weighted by Gasteiger charge is -2.23. The predicted octanol–water partition coefficient (Wildman–Crippen LogP) is 6.67. The van der Waals surface area contributed by atoms with E-state index in [1.54, 1.807) is 24.3 Å².